The highest BCUT2D eigenvalue weighted by molar-refractivity contribution is 5.33. The maximum absolute atomic E-state index is 13.7. The van der Waals surface area contributed by atoms with E-state index in [1.165, 1.54) is 37.6 Å². The third-order valence-electron chi connectivity index (χ3n) is 6.67. The van der Waals surface area contributed by atoms with Gasteiger partial charge in [-0.05, 0) is 67.2 Å². The fraction of sp³-hybridized carbons (Fsp3) is 0.455. The number of aromatic hydroxyl groups is 1. The van der Waals surface area contributed by atoms with E-state index < -0.39 is 0 Å². The number of halogens is 1. The quantitative estimate of drug-likeness (QED) is 0.914. The van der Waals surface area contributed by atoms with Crippen LogP contribution in [0.15, 0.2) is 48.5 Å². The number of hydrogen-bond donors (Lipinski definition) is 1. The number of likely N-dealkylation sites (tertiary alicyclic amines) is 1. The molecule has 0 aromatic heterocycles. The van der Waals surface area contributed by atoms with Gasteiger partial charge in [-0.1, -0.05) is 24.3 Å². The Kier molecular flexibility index (Phi) is 3.98. The fourth-order valence-corrected chi connectivity index (χ4v) is 5.64. The van der Waals surface area contributed by atoms with Gasteiger partial charge < -0.3 is 5.11 Å². The Bertz CT molecular complexity index is 802. The van der Waals surface area contributed by atoms with Gasteiger partial charge in [-0.3, -0.25) is 9.80 Å². The van der Waals surface area contributed by atoms with Crippen LogP contribution >= 0.6 is 0 Å². The summed E-state index contributed by atoms with van der Waals surface area (Å²) in [5.74, 6) is 1.33. The molecule has 0 amide bonds. The average molecular weight is 352 g/mol. The summed E-state index contributed by atoms with van der Waals surface area (Å²) in [4.78, 5) is 5.23. The molecule has 4 aliphatic heterocycles. The van der Waals surface area contributed by atoms with Crippen molar-refractivity contribution in [2.75, 3.05) is 19.6 Å². The molecule has 6 rings (SSSR count). The standard InChI is InChI=1S/C22H25FN2O/c23-18-5-1-3-15(11-18)13-25-14-20(17-4-2-6-19(26)12-17)22-21(25)16-7-9-24(22)10-8-16/h1-6,11-12,16,20-22,26H,7-10,13-14H2/t20-,21+,22+/m0/s1. The summed E-state index contributed by atoms with van der Waals surface area (Å²) >= 11 is 0. The summed E-state index contributed by atoms with van der Waals surface area (Å²) in [6.07, 6.45) is 2.54. The van der Waals surface area contributed by atoms with E-state index in [4.69, 9.17) is 0 Å². The van der Waals surface area contributed by atoms with Crippen molar-refractivity contribution in [3.05, 3.63) is 65.5 Å². The number of rotatable bonds is 3. The smallest absolute Gasteiger partial charge is 0.123 e. The number of piperidine rings is 3. The molecule has 136 valence electrons. The third-order valence-corrected chi connectivity index (χ3v) is 6.67. The normalized spacial score (nSPS) is 33.3. The Morgan fingerprint density at radius 1 is 1.00 bits per heavy atom. The van der Waals surface area contributed by atoms with E-state index in [9.17, 15) is 9.50 Å². The number of nitrogens with zero attached hydrogens (tertiary/aromatic N) is 2. The first-order valence-corrected chi connectivity index (χ1v) is 9.70. The molecule has 4 heteroatoms. The second-order valence-electron chi connectivity index (χ2n) is 8.12. The van der Waals surface area contributed by atoms with Crippen molar-refractivity contribution < 1.29 is 9.50 Å². The molecule has 2 aromatic rings. The lowest BCUT2D eigenvalue weighted by molar-refractivity contribution is -0.00871. The lowest BCUT2D eigenvalue weighted by Crippen LogP contribution is -2.59. The first-order valence-electron chi connectivity index (χ1n) is 9.70. The van der Waals surface area contributed by atoms with Gasteiger partial charge in [0.05, 0.1) is 0 Å². The minimum Gasteiger partial charge on any atom is -0.508 e. The molecular weight excluding hydrogens is 327 g/mol. The largest absolute Gasteiger partial charge is 0.508 e. The van der Waals surface area contributed by atoms with Gasteiger partial charge in [0.25, 0.3) is 0 Å². The maximum atomic E-state index is 13.7. The monoisotopic (exact) mass is 352 g/mol. The van der Waals surface area contributed by atoms with Crippen molar-refractivity contribution in [2.24, 2.45) is 5.92 Å². The zero-order chi connectivity index (χ0) is 17.7. The molecule has 26 heavy (non-hydrogen) atoms. The van der Waals surface area contributed by atoms with Crippen LogP contribution in [0.5, 0.6) is 5.75 Å². The predicted octanol–water partition coefficient (Wildman–Crippen LogP) is 3.59. The summed E-state index contributed by atoms with van der Waals surface area (Å²) in [6, 6.07) is 15.8. The highest BCUT2D eigenvalue weighted by atomic mass is 19.1. The lowest BCUT2D eigenvalue weighted by Gasteiger charge is -2.51. The van der Waals surface area contributed by atoms with Crippen LogP contribution in [0.1, 0.15) is 29.9 Å². The van der Waals surface area contributed by atoms with E-state index in [1.54, 1.807) is 12.1 Å². The van der Waals surface area contributed by atoms with Gasteiger partial charge in [-0.2, -0.15) is 0 Å². The van der Waals surface area contributed by atoms with E-state index in [0.717, 1.165) is 24.6 Å². The minimum atomic E-state index is -0.156. The maximum Gasteiger partial charge on any atom is 0.123 e. The van der Waals surface area contributed by atoms with Crippen LogP contribution < -0.4 is 0 Å². The summed E-state index contributed by atoms with van der Waals surface area (Å²) in [5, 5.41) is 9.96. The topological polar surface area (TPSA) is 26.7 Å². The second-order valence-corrected chi connectivity index (χ2v) is 8.12. The Labute approximate surface area is 154 Å². The van der Waals surface area contributed by atoms with Crippen molar-refractivity contribution in [3.8, 4) is 5.75 Å². The van der Waals surface area contributed by atoms with E-state index >= 15 is 0 Å². The fourth-order valence-electron chi connectivity index (χ4n) is 5.64. The number of fused-ring (bicyclic) bond motifs is 2. The average Bonchev–Trinajstić information content (AvgIpc) is 3.04. The zero-order valence-corrected chi connectivity index (χ0v) is 14.9. The zero-order valence-electron chi connectivity index (χ0n) is 14.9. The van der Waals surface area contributed by atoms with E-state index in [1.807, 2.05) is 24.3 Å². The van der Waals surface area contributed by atoms with Crippen molar-refractivity contribution in [3.63, 3.8) is 0 Å². The molecule has 0 saturated carbocycles. The lowest BCUT2D eigenvalue weighted by atomic mass is 9.75. The summed E-state index contributed by atoms with van der Waals surface area (Å²) < 4.78 is 13.7. The van der Waals surface area contributed by atoms with Gasteiger partial charge in [0.2, 0.25) is 0 Å². The number of phenolic OH excluding ortho intramolecular Hbond substituents is 1. The second kappa shape index (κ2) is 6.36. The Hall–Kier alpha value is -1.91. The molecule has 4 saturated heterocycles. The van der Waals surface area contributed by atoms with Gasteiger partial charge in [-0.25, -0.2) is 4.39 Å². The first-order chi connectivity index (χ1) is 12.7. The van der Waals surface area contributed by atoms with Crippen LogP contribution in [0.2, 0.25) is 0 Å². The van der Waals surface area contributed by atoms with Crippen LogP contribution in [0.25, 0.3) is 0 Å². The Morgan fingerprint density at radius 2 is 1.81 bits per heavy atom. The number of benzene rings is 2. The molecule has 2 aromatic carbocycles. The van der Waals surface area contributed by atoms with Crippen LogP contribution in [0.3, 0.4) is 0 Å². The summed E-state index contributed by atoms with van der Waals surface area (Å²) in [6.45, 7) is 4.16. The van der Waals surface area contributed by atoms with Crippen molar-refractivity contribution in [2.45, 2.75) is 37.4 Å². The highest BCUT2D eigenvalue weighted by Crippen LogP contribution is 2.47. The molecule has 4 heterocycles. The van der Waals surface area contributed by atoms with Crippen LogP contribution in [-0.2, 0) is 6.54 Å². The molecule has 0 aliphatic carbocycles. The molecule has 1 N–H and O–H groups in total. The third kappa shape index (κ3) is 2.72. The SMILES string of the molecule is Oc1cccc([C@@H]2CN(Cc3cccc(F)c3)[C@@H]3C4CCN(CC4)[C@@H]32)c1. The first kappa shape index (κ1) is 16.3. The van der Waals surface area contributed by atoms with Crippen LogP contribution in [-0.4, -0.2) is 46.6 Å². The Morgan fingerprint density at radius 3 is 2.58 bits per heavy atom. The minimum absolute atomic E-state index is 0.156. The molecule has 4 fully saturated rings. The molecule has 0 radical (unpaired) electrons. The number of phenols is 1. The van der Waals surface area contributed by atoms with Crippen molar-refractivity contribution in [1.82, 2.24) is 9.80 Å². The molecule has 3 atom stereocenters. The van der Waals surface area contributed by atoms with Gasteiger partial charge >= 0.3 is 0 Å². The summed E-state index contributed by atoms with van der Waals surface area (Å²) in [7, 11) is 0. The molecule has 0 spiro atoms. The van der Waals surface area contributed by atoms with E-state index in [-0.39, 0.29) is 5.82 Å². The van der Waals surface area contributed by atoms with Gasteiger partial charge in [0.15, 0.2) is 0 Å². The highest BCUT2D eigenvalue weighted by Gasteiger charge is 2.53. The van der Waals surface area contributed by atoms with Gasteiger partial charge in [0.1, 0.15) is 11.6 Å². The molecule has 3 nitrogen and oxygen atoms in total. The molecular formula is C22H25FN2O. The molecule has 0 unspecified atom stereocenters. The van der Waals surface area contributed by atoms with Crippen molar-refractivity contribution >= 4 is 0 Å². The van der Waals surface area contributed by atoms with E-state index in [0.29, 0.717) is 23.8 Å². The van der Waals surface area contributed by atoms with Crippen LogP contribution in [0.4, 0.5) is 4.39 Å². The number of hydrogen-bond acceptors (Lipinski definition) is 3. The predicted molar refractivity (Wildman–Crippen MR) is 99.5 cm³/mol. The van der Waals surface area contributed by atoms with Crippen molar-refractivity contribution in [1.29, 1.82) is 0 Å². The van der Waals surface area contributed by atoms with Gasteiger partial charge in [0, 0.05) is 31.1 Å². The molecule has 2 bridgehead atoms. The summed E-state index contributed by atoms with van der Waals surface area (Å²) in [5.41, 5.74) is 2.28. The van der Waals surface area contributed by atoms with E-state index in [2.05, 4.69) is 15.9 Å². The Balaban J connectivity index is 1.48. The molecule has 4 aliphatic rings. The van der Waals surface area contributed by atoms with Crippen LogP contribution in [0, 0.1) is 11.7 Å². The van der Waals surface area contributed by atoms with Gasteiger partial charge in [-0.15, -0.1) is 0 Å².